The van der Waals surface area contributed by atoms with Crippen molar-refractivity contribution in [2.45, 2.75) is 18.9 Å². The largest absolute Gasteiger partial charge is 0.493 e. The maximum Gasteiger partial charge on any atom is 0.187 e. The molecule has 1 atom stereocenters. The van der Waals surface area contributed by atoms with Crippen LogP contribution in [0, 0.1) is 5.92 Å². The van der Waals surface area contributed by atoms with Gasteiger partial charge in [0, 0.05) is 18.2 Å². The Hall–Kier alpha value is -1.86. The predicted octanol–water partition coefficient (Wildman–Crippen LogP) is 1.60. The number of rotatable bonds is 5. The SMILES string of the molecule is COc1cccc(/C=N/NC(=S)NC2CN3CCC2CC3)c1OC. The van der Waals surface area contributed by atoms with Gasteiger partial charge in [0.25, 0.3) is 0 Å². The van der Waals surface area contributed by atoms with E-state index in [0.29, 0.717) is 22.7 Å². The maximum absolute atomic E-state index is 5.38. The van der Waals surface area contributed by atoms with E-state index in [1.54, 1.807) is 20.4 Å². The lowest BCUT2D eigenvalue weighted by atomic mass is 9.84. The molecule has 4 rings (SSSR count). The molecule has 3 aliphatic heterocycles. The maximum atomic E-state index is 5.38. The molecule has 0 aromatic heterocycles. The fourth-order valence-electron chi connectivity index (χ4n) is 3.50. The number of nitrogens with zero attached hydrogens (tertiary/aromatic N) is 2. The van der Waals surface area contributed by atoms with E-state index >= 15 is 0 Å². The zero-order chi connectivity index (χ0) is 16.9. The van der Waals surface area contributed by atoms with Crippen molar-refractivity contribution in [2.24, 2.45) is 11.0 Å². The third-order valence-electron chi connectivity index (χ3n) is 4.78. The second-order valence-corrected chi connectivity index (χ2v) is 6.58. The Morgan fingerprint density at radius 3 is 2.71 bits per heavy atom. The number of piperidine rings is 3. The Kier molecular flexibility index (Phi) is 5.52. The summed E-state index contributed by atoms with van der Waals surface area (Å²) in [6, 6.07) is 6.08. The van der Waals surface area contributed by atoms with Gasteiger partial charge in [0.05, 0.1) is 20.4 Å². The van der Waals surface area contributed by atoms with Crippen molar-refractivity contribution >= 4 is 23.5 Å². The third kappa shape index (κ3) is 3.79. The molecule has 3 heterocycles. The number of hydrazone groups is 1. The molecule has 0 saturated carbocycles. The summed E-state index contributed by atoms with van der Waals surface area (Å²) in [7, 11) is 3.23. The molecular weight excluding hydrogens is 324 g/mol. The summed E-state index contributed by atoms with van der Waals surface area (Å²) in [5.41, 5.74) is 3.73. The Morgan fingerprint density at radius 2 is 2.08 bits per heavy atom. The van der Waals surface area contributed by atoms with Crippen molar-refractivity contribution in [3.05, 3.63) is 23.8 Å². The molecule has 0 radical (unpaired) electrons. The van der Waals surface area contributed by atoms with Gasteiger partial charge in [-0.3, -0.25) is 5.43 Å². The van der Waals surface area contributed by atoms with Gasteiger partial charge in [-0.25, -0.2) is 0 Å². The second-order valence-electron chi connectivity index (χ2n) is 6.17. The Balaban J connectivity index is 1.55. The highest BCUT2D eigenvalue weighted by molar-refractivity contribution is 7.80. The highest BCUT2D eigenvalue weighted by Crippen LogP contribution is 2.29. The normalized spacial score (nSPS) is 25.5. The van der Waals surface area contributed by atoms with E-state index in [9.17, 15) is 0 Å². The molecule has 6 nitrogen and oxygen atoms in total. The lowest BCUT2D eigenvalue weighted by molar-refractivity contribution is 0.0812. The average Bonchev–Trinajstić information content (AvgIpc) is 2.62. The molecule has 3 aliphatic rings. The molecule has 7 heteroatoms. The van der Waals surface area contributed by atoms with E-state index in [1.165, 1.54) is 25.9 Å². The smallest absolute Gasteiger partial charge is 0.187 e. The molecule has 2 N–H and O–H groups in total. The van der Waals surface area contributed by atoms with Crippen LogP contribution in [0.3, 0.4) is 0 Å². The van der Waals surface area contributed by atoms with Gasteiger partial charge in [-0.2, -0.15) is 5.10 Å². The molecule has 0 amide bonds. The minimum atomic E-state index is 0.425. The van der Waals surface area contributed by atoms with Gasteiger partial charge >= 0.3 is 0 Å². The van der Waals surface area contributed by atoms with E-state index in [2.05, 4.69) is 20.7 Å². The monoisotopic (exact) mass is 348 g/mol. The van der Waals surface area contributed by atoms with Crippen LogP contribution in [0.5, 0.6) is 11.5 Å². The standard InChI is InChI=1S/C17H24N4O2S/c1-22-15-5-3-4-13(16(15)23-2)10-18-20-17(24)19-14-11-21-8-6-12(14)7-9-21/h3-5,10,12,14H,6-9,11H2,1-2H3,(H2,19,20,24)/b18-10+. The number of ether oxygens (including phenoxy) is 2. The van der Waals surface area contributed by atoms with Gasteiger partial charge in [-0.15, -0.1) is 0 Å². The fraction of sp³-hybridized carbons (Fsp3) is 0.529. The molecular formula is C17H24N4O2S. The minimum Gasteiger partial charge on any atom is -0.493 e. The third-order valence-corrected chi connectivity index (χ3v) is 4.98. The van der Waals surface area contributed by atoms with Crippen LogP contribution < -0.4 is 20.2 Å². The molecule has 1 aromatic carbocycles. The molecule has 3 fully saturated rings. The van der Waals surface area contributed by atoms with Gasteiger partial charge in [0.1, 0.15) is 0 Å². The summed E-state index contributed by atoms with van der Waals surface area (Å²) >= 11 is 5.37. The van der Waals surface area contributed by atoms with Gasteiger partial charge < -0.3 is 19.7 Å². The number of benzene rings is 1. The second kappa shape index (κ2) is 7.81. The lowest BCUT2D eigenvalue weighted by Gasteiger charge is -2.45. The molecule has 1 aromatic rings. The zero-order valence-electron chi connectivity index (χ0n) is 14.1. The van der Waals surface area contributed by atoms with Crippen LogP contribution in [-0.2, 0) is 0 Å². The number of fused-ring (bicyclic) bond motifs is 3. The highest BCUT2D eigenvalue weighted by Gasteiger charge is 2.34. The zero-order valence-corrected chi connectivity index (χ0v) is 14.9. The molecule has 1 unspecified atom stereocenters. The van der Waals surface area contributed by atoms with E-state index in [0.717, 1.165) is 18.0 Å². The van der Waals surface area contributed by atoms with Crippen molar-refractivity contribution in [1.29, 1.82) is 0 Å². The Bertz CT molecular complexity index is 615. The molecule has 24 heavy (non-hydrogen) atoms. The topological polar surface area (TPSA) is 58.1 Å². The van der Waals surface area contributed by atoms with Gasteiger partial charge in [-0.1, -0.05) is 6.07 Å². The Labute approximate surface area is 148 Å². The first-order valence-electron chi connectivity index (χ1n) is 8.24. The number of hydrogen-bond donors (Lipinski definition) is 2. The first-order valence-corrected chi connectivity index (χ1v) is 8.65. The number of hydrogen-bond acceptors (Lipinski definition) is 5. The van der Waals surface area contributed by atoms with Gasteiger partial charge in [0.15, 0.2) is 16.6 Å². The summed E-state index contributed by atoms with van der Waals surface area (Å²) < 4.78 is 10.7. The first kappa shape index (κ1) is 17.0. The number of methoxy groups -OCH3 is 2. The molecule has 0 spiro atoms. The van der Waals surface area contributed by atoms with Crippen LogP contribution in [0.25, 0.3) is 0 Å². The summed E-state index contributed by atoms with van der Waals surface area (Å²) in [5.74, 6) is 2.05. The van der Waals surface area contributed by atoms with Crippen molar-refractivity contribution < 1.29 is 9.47 Å². The van der Waals surface area contributed by atoms with Crippen molar-refractivity contribution in [1.82, 2.24) is 15.6 Å². The quantitative estimate of drug-likeness (QED) is 0.479. The van der Waals surface area contributed by atoms with E-state index in [4.69, 9.17) is 21.7 Å². The van der Waals surface area contributed by atoms with E-state index in [1.807, 2.05) is 18.2 Å². The van der Waals surface area contributed by atoms with Crippen molar-refractivity contribution in [3.8, 4) is 11.5 Å². The summed E-state index contributed by atoms with van der Waals surface area (Å²) in [6.07, 6.45) is 4.20. The van der Waals surface area contributed by atoms with Crippen LogP contribution >= 0.6 is 12.2 Å². The van der Waals surface area contributed by atoms with E-state index < -0.39 is 0 Å². The predicted molar refractivity (Wildman–Crippen MR) is 99.0 cm³/mol. The van der Waals surface area contributed by atoms with Crippen molar-refractivity contribution in [3.63, 3.8) is 0 Å². The van der Waals surface area contributed by atoms with Crippen LogP contribution in [0.1, 0.15) is 18.4 Å². The highest BCUT2D eigenvalue weighted by atomic mass is 32.1. The average molecular weight is 348 g/mol. The summed E-state index contributed by atoms with van der Waals surface area (Å²) in [6.45, 7) is 3.51. The van der Waals surface area contributed by atoms with Crippen LogP contribution in [0.2, 0.25) is 0 Å². The molecule has 130 valence electrons. The van der Waals surface area contributed by atoms with Crippen LogP contribution in [-0.4, -0.2) is 56.1 Å². The molecule has 3 saturated heterocycles. The number of nitrogens with one attached hydrogen (secondary N) is 2. The summed E-state index contributed by atoms with van der Waals surface area (Å²) in [5, 5.41) is 8.18. The van der Waals surface area contributed by atoms with Gasteiger partial charge in [0.2, 0.25) is 0 Å². The Morgan fingerprint density at radius 1 is 1.29 bits per heavy atom. The first-order chi connectivity index (χ1) is 11.7. The molecule has 2 bridgehead atoms. The minimum absolute atomic E-state index is 0.425. The van der Waals surface area contributed by atoms with Crippen LogP contribution in [0.15, 0.2) is 23.3 Å². The fourth-order valence-corrected chi connectivity index (χ4v) is 3.71. The molecule has 0 aliphatic carbocycles. The number of para-hydroxylation sites is 1. The van der Waals surface area contributed by atoms with Crippen LogP contribution in [0.4, 0.5) is 0 Å². The summed E-state index contributed by atoms with van der Waals surface area (Å²) in [4.78, 5) is 2.49. The number of thiocarbonyl (C=S) groups is 1. The lowest BCUT2D eigenvalue weighted by Crippen LogP contribution is -2.58. The van der Waals surface area contributed by atoms with Crippen molar-refractivity contribution in [2.75, 3.05) is 33.9 Å². The van der Waals surface area contributed by atoms with Gasteiger partial charge in [-0.05, 0) is 56.2 Å². The van der Waals surface area contributed by atoms with E-state index in [-0.39, 0.29) is 0 Å².